The highest BCUT2D eigenvalue weighted by Gasteiger charge is 2.12. The lowest BCUT2D eigenvalue weighted by atomic mass is 10.1. The highest BCUT2D eigenvalue weighted by Crippen LogP contribution is 2.23. The van der Waals surface area contributed by atoms with Gasteiger partial charge in [0.15, 0.2) is 0 Å². The van der Waals surface area contributed by atoms with Gasteiger partial charge in [0, 0.05) is 28.6 Å². The Kier molecular flexibility index (Phi) is 5.22. The predicted octanol–water partition coefficient (Wildman–Crippen LogP) is 3.10. The van der Waals surface area contributed by atoms with Gasteiger partial charge >= 0.3 is 11.6 Å². The zero-order valence-corrected chi connectivity index (χ0v) is 14.5. The van der Waals surface area contributed by atoms with Gasteiger partial charge in [0.25, 0.3) is 0 Å². The molecular formula is C20H18O6. The third kappa shape index (κ3) is 3.85. The molecule has 0 unspecified atom stereocenters. The Morgan fingerprint density at radius 2 is 1.81 bits per heavy atom. The number of carbonyl (C=O) groups is 1. The molecule has 0 aliphatic carbocycles. The summed E-state index contributed by atoms with van der Waals surface area (Å²) < 4.78 is 20.9. The van der Waals surface area contributed by atoms with Crippen LogP contribution in [0.25, 0.3) is 11.0 Å². The monoisotopic (exact) mass is 354 g/mol. The van der Waals surface area contributed by atoms with Crippen molar-refractivity contribution in [1.29, 1.82) is 0 Å². The highest BCUT2D eigenvalue weighted by molar-refractivity contribution is 5.82. The molecule has 3 rings (SSSR count). The minimum absolute atomic E-state index is 0.0254. The van der Waals surface area contributed by atoms with Gasteiger partial charge in [-0.3, -0.25) is 4.79 Å². The Morgan fingerprint density at radius 3 is 2.58 bits per heavy atom. The zero-order valence-electron chi connectivity index (χ0n) is 14.5. The molecule has 6 nitrogen and oxygen atoms in total. The number of fused-ring (bicyclic) bond motifs is 1. The molecule has 0 saturated carbocycles. The maximum atomic E-state index is 12.2. The summed E-state index contributed by atoms with van der Waals surface area (Å²) in [5.41, 5.74) is 1.18. The summed E-state index contributed by atoms with van der Waals surface area (Å²) in [4.78, 5) is 23.9. The molecule has 1 heterocycles. The largest absolute Gasteiger partial charge is 0.497 e. The average Bonchev–Trinajstić information content (AvgIpc) is 2.65. The first kappa shape index (κ1) is 17.5. The SMILES string of the molecule is COc1ccc2c(COC(=O)Cc3ccccc3OC)cc(=O)oc2c1. The van der Waals surface area contributed by atoms with Gasteiger partial charge in [-0.05, 0) is 18.2 Å². The summed E-state index contributed by atoms with van der Waals surface area (Å²) in [5.74, 6) is 0.790. The smallest absolute Gasteiger partial charge is 0.336 e. The molecule has 0 bridgehead atoms. The van der Waals surface area contributed by atoms with E-state index >= 15 is 0 Å². The topological polar surface area (TPSA) is 75.0 Å². The van der Waals surface area contributed by atoms with Gasteiger partial charge in [-0.2, -0.15) is 0 Å². The second-order valence-corrected chi connectivity index (χ2v) is 5.60. The molecule has 0 saturated heterocycles. The van der Waals surface area contributed by atoms with E-state index in [1.54, 1.807) is 37.4 Å². The number of rotatable bonds is 6. The van der Waals surface area contributed by atoms with E-state index in [9.17, 15) is 9.59 Å². The Balaban J connectivity index is 1.77. The minimum atomic E-state index is -0.512. The molecule has 0 aliphatic rings. The molecule has 3 aromatic rings. The fourth-order valence-corrected chi connectivity index (χ4v) is 2.67. The quantitative estimate of drug-likeness (QED) is 0.500. The van der Waals surface area contributed by atoms with E-state index in [2.05, 4.69) is 0 Å². The van der Waals surface area contributed by atoms with Crippen molar-refractivity contribution in [2.75, 3.05) is 14.2 Å². The fourth-order valence-electron chi connectivity index (χ4n) is 2.67. The number of ether oxygens (including phenoxy) is 3. The molecule has 6 heteroatoms. The van der Waals surface area contributed by atoms with Crippen LogP contribution in [0.15, 0.2) is 57.7 Å². The van der Waals surface area contributed by atoms with Crippen LogP contribution in [0.2, 0.25) is 0 Å². The van der Waals surface area contributed by atoms with Gasteiger partial charge in [0.05, 0.1) is 20.6 Å². The van der Waals surface area contributed by atoms with Crippen molar-refractivity contribution < 1.29 is 23.4 Å². The summed E-state index contributed by atoms with van der Waals surface area (Å²) in [6.45, 7) is -0.0254. The first-order chi connectivity index (χ1) is 12.6. The fraction of sp³-hybridized carbons (Fsp3) is 0.200. The lowest BCUT2D eigenvalue weighted by molar-refractivity contribution is -0.144. The zero-order chi connectivity index (χ0) is 18.5. The van der Waals surface area contributed by atoms with Crippen molar-refractivity contribution in [2.45, 2.75) is 13.0 Å². The number of hydrogen-bond acceptors (Lipinski definition) is 6. The van der Waals surface area contributed by atoms with E-state index in [1.807, 2.05) is 12.1 Å². The van der Waals surface area contributed by atoms with Crippen molar-refractivity contribution in [3.8, 4) is 11.5 Å². The first-order valence-corrected chi connectivity index (χ1v) is 7.99. The van der Waals surface area contributed by atoms with Crippen LogP contribution in [-0.4, -0.2) is 20.2 Å². The Bertz CT molecular complexity index is 989. The van der Waals surface area contributed by atoms with Gasteiger partial charge in [0.1, 0.15) is 23.7 Å². The summed E-state index contributed by atoms with van der Waals surface area (Å²) in [6, 6.07) is 13.7. The second kappa shape index (κ2) is 7.74. The van der Waals surface area contributed by atoms with Crippen LogP contribution >= 0.6 is 0 Å². The summed E-state index contributed by atoms with van der Waals surface area (Å²) in [5, 5.41) is 0.690. The maximum Gasteiger partial charge on any atom is 0.336 e. The molecule has 0 N–H and O–H groups in total. The Morgan fingerprint density at radius 1 is 1.00 bits per heavy atom. The number of benzene rings is 2. The van der Waals surface area contributed by atoms with Crippen LogP contribution in [0.5, 0.6) is 11.5 Å². The van der Waals surface area contributed by atoms with Gasteiger partial charge in [-0.25, -0.2) is 4.79 Å². The Hall–Kier alpha value is -3.28. The lowest BCUT2D eigenvalue weighted by Gasteiger charge is -2.10. The van der Waals surface area contributed by atoms with E-state index in [1.165, 1.54) is 13.2 Å². The van der Waals surface area contributed by atoms with Crippen molar-refractivity contribution in [2.24, 2.45) is 0 Å². The standard InChI is InChI=1S/C20H18O6/c1-23-15-7-8-16-14(10-20(22)26-18(16)11-15)12-25-19(21)9-13-5-3-4-6-17(13)24-2/h3-8,10-11H,9,12H2,1-2H3. The second-order valence-electron chi connectivity index (χ2n) is 5.60. The van der Waals surface area contributed by atoms with Crippen LogP contribution in [0, 0.1) is 0 Å². The predicted molar refractivity (Wildman–Crippen MR) is 95.5 cm³/mol. The molecule has 26 heavy (non-hydrogen) atoms. The Labute approximate surface area is 149 Å². The van der Waals surface area contributed by atoms with Gasteiger partial charge < -0.3 is 18.6 Å². The molecule has 0 spiro atoms. The van der Waals surface area contributed by atoms with Gasteiger partial charge in [0.2, 0.25) is 0 Å². The van der Waals surface area contributed by atoms with Crippen LogP contribution < -0.4 is 15.1 Å². The van der Waals surface area contributed by atoms with Crippen LogP contribution in [0.3, 0.4) is 0 Å². The van der Waals surface area contributed by atoms with Crippen LogP contribution in [-0.2, 0) is 22.6 Å². The van der Waals surface area contributed by atoms with Gasteiger partial charge in [-0.15, -0.1) is 0 Å². The third-order valence-electron chi connectivity index (χ3n) is 3.95. The number of hydrogen-bond donors (Lipinski definition) is 0. The van der Waals surface area contributed by atoms with E-state index in [0.717, 1.165) is 5.56 Å². The number of para-hydroxylation sites is 1. The van der Waals surface area contributed by atoms with Crippen molar-refractivity contribution in [3.05, 3.63) is 70.1 Å². The maximum absolute atomic E-state index is 12.2. The molecule has 2 aromatic carbocycles. The van der Waals surface area contributed by atoms with Crippen molar-refractivity contribution in [1.82, 2.24) is 0 Å². The summed E-state index contributed by atoms with van der Waals surface area (Å²) >= 11 is 0. The van der Waals surface area contributed by atoms with Crippen LogP contribution in [0.4, 0.5) is 0 Å². The molecular weight excluding hydrogens is 336 g/mol. The molecule has 0 fully saturated rings. The molecule has 0 amide bonds. The van der Waals surface area contributed by atoms with Crippen LogP contribution in [0.1, 0.15) is 11.1 Å². The summed E-state index contributed by atoms with van der Waals surface area (Å²) in [6.07, 6.45) is 0.0806. The average molecular weight is 354 g/mol. The van der Waals surface area contributed by atoms with Crippen molar-refractivity contribution >= 4 is 16.9 Å². The number of methoxy groups -OCH3 is 2. The number of esters is 1. The molecule has 0 radical (unpaired) electrons. The van der Waals surface area contributed by atoms with E-state index < -0.39 is 11.6 Å². The number of carbonyl (C=O) groups excluding carboxylic acids is 1. The summed E-state index contributed by atoms with van der Waals surface area (Å²) in [7, 11) is 3.08. The highest BCUT2D eigenvalue weighted by atomic mass is 16.5. The van der Waals surface area contributed by atoms with Gasteiger partial charge in [-0.1, -0.05) is 18.2 Å². The molecule has 0 aliphatic heterocycles. The van der Waals surface area contributed by atoms with E-state index in [0.29, 0.717) is 28.0 Å². The minimum Gasteiger partial charge on any atom is -0.497 e. The lowest BCUT2D eigenvalue weighted by Crippen LogP contribution is -2.10. The van der Waals surface area contributed by atoms with E-state index in [4.69, 9.17) is 18.6 Å². The third-order valence-corrected chi connectivity index (χ3v) is 3.95. The first-order valence-electron chi connectivity index (χ1n) is 7.99. The molecule has 1 aromatic heterocycles. The molecule has 134 valence electrons. The molecule has 0 atom stereocenters. The van der Waals surface area contributed by atoms with E-state index in [-0.39, 0.29) is 13.0 Å². The normalized spacial score (nSPS) is 10.5. The van der Waals surface area contributed by atoms with Crippen molar-refractivity contribution in [3.63, 3.8) is 0 Å².